The Balaban J connectivity index is 1.66. The zero-order chi connectivity index (χ0) is 20.3. The van der Waals surface area contributed by atoms with Crippen LogP contribution in [0.2, 0.25) is 0 Å². The van der Waals surface area contributed by atoms with Gasteiger partial charge in [-0.2, -0.15) is 5.10 Å². The van der Waals surface area contributed by atoms with Crippen molar-refractivity contribution in [2.45, 2.75) is 39.7 Å². The maximum atomic E-state index is 13.1. The van der Waals surface area contributed by atoms with Gasteiger partial charge in [0.25, 0.3) is 5.91 Å². The molecule has 28 heavy (non-hydrogen) atoms. The van der Waals surface area contributed by atoms with Crippen molar-refractivity contribution in [1.29, 1.82) is 0 Å². The topological polar surface area (TPSA) is 67.2 Å². The van der Waals surface area contributed by atoms with Gasteiger partial charge in [0.2, 0.25) is 5.91 Å². The van der Waals surface area contributed by atoms with E-state index in [4.69, 9.17) is 0 Å². The number of aromatic nitrogens is 2. The van der Waals surface area contributed by atoms with Gasteiger partial charge in [-0.15, -0.1) is 0 Å². The summed E-state index contributed by atoms with van der Waals surface area (Å²) >= 11 is 0. The maximum Gasteiger partial charge on any atom is 0.257 e. The number of piperidine rings is 1. The number of carbonyl (C=O) groups excluding carboxylic acids is 2. The lowest BCUT2D eigenvalue weighted by Crippen LogP contribution is -2.45. The minimum Gasteiger partial charge on any atom is -0.353 e. The molecule has 6 heteroatoms. The molecule has 150 valence electrons. The number of amides is 2. The van der Waals surface area contributed by atoms with Crippen LogP contribution >= 0.6 is 0 Å². The Labute approximate surface area is 166 Å². The third-order valence-electron chi connectivity index (χ3n) is 5.63. The second-order valence-electron chi connectivity index (χ2n) is 8.04. The number of hydrogen-bond acceptors (Lipinski definition) is 3. The maximum absolute atomic E-state index is 13.1. The molecule has 1 aromatic heterocycles. The molecule has 0 saturated carbocycles. The van der Waals surface area contributed by atoms with Crippen LogP contribution in [0.3, 0.4) is 0 Å². The van der Waals surface area contributed by atoms with Crippen molar-refractivity contribution < 1.29 is 9.59 Å². The van der Waals surface area contributed by atoms with Crippen LogP contribution in [0.4, 0.5) is 0 Å². The van der Waals surface area contributed by atoms with E-state index in [1.165, 1.54) is 0 Å². The lowest BCUT2D eigenvalue weighted by atomic mass is 9.94. The van der Waals surface area contributed by atoms with E-state index >= 15 is 0 Å². The van der Waals surface area contributed by atoms with Crippen LogP contribution in [0.5, 0.6) is 0 Å². The number of hydrogen-bond donors (Lipinski definition) is 1. The fraction of sp³-hybridized carbons (Fsp3) is 0.500. The smallest absolute Gasteiger partial charge is 0.257 e. The lowest BCUT2D eigenvalue weighted by molar-refractivity contribution is -0.127. The zero-order valence-electron chi connectivity index (χ0n) is 17.2. The van der Waals surface area contributed by atoms with Gasteiger partial charge in [0.15, 0.2) is 0 Å². The Hall–Kier alpha value is -2.63. The molecule has 1 saturated heterocycles. The largest absolute Gasteiger partial charge is 0.353 e. The minimum atomic E-state index is -0.0206. The summed E-state index contributed by atoms with van der Waals surface area (Å²) in [5.41, 5.74) is 2.26. The molecule has 3 rings (SSSR count). The molecule has 1 aliphatic heterocycles. The number of aryl methyl sites for hydroxylation is 1. The number of nitrogens with zero attached hydrogens (tertiary/aromatic N) is 3. The highest BCUT2D eigenvalue weighted by Gasteiger charge is 2.30. The summed E-state index contributed by atoms with van der Waals surface area (Å²) in [7, 11) is 1.83. The fourth-order valence-electron chi connectivity index (χ4n) is 3.48. The average Bonchev–Trinajstić information content (AvgIpc) is 3.09. The number of carbonyl (C=O) groups is 2. The SMILES string of the molecule is CC(C)C(C)NC(=O)C1CCN(C(=O)c2cn(C)nc2-c2ccccc2)CC1. The van der Waals surface area contributed by atoms with Gasteiger partial charge in [-0.1, -0.05) is 44.2 Å². The van der Waals surface area contributed by atoms with Gasteiger partial charge in [0, 0.05) is 43.9 Å². The quantitative estimate of drug-likeness (QED) is 0.864. The van der Waals surface area contributed by atoms with Crippen LogP contribution < -0.4 is 5.32 Å². The molecule has 1 atom stereocenters. The van der Waals surface area contributed by atoms with E-state index < -0.39 is 0 Å². The number of benzene rings is 1. The summed E-state index contributed by atoms with van der Waals surface area (Å²) in [6.07, 6.45) is 3.18. The van der Waals surface area contributed by atoms with Crippen molar-refractivity contribution in [3.8, 4) is 11.3 Å². The van der Waals surface area contributed by atoms with E-state index in [9.17, 15) is 9.59 Å². The summed E-state index contributed by atoms with van der Waals surface area (Å²) < 4.78 is 1.68. The van der Waals surface area contributed by atoms with Crippen LogP contribution in [0, 0.1) is 11.8 Å². The summed E-state index contributed by atoms with van der Waals surface area (Å²) in [4.78, 5) is 27.4. The molecule has 0 spiro atoms. The second kappa shape index (κ2) is 8.59. The number of likely N-dealkylation sites (tertiary alicyclic amines) is 1. The van der Waals surface area contributed by atoms with E-state index in [-0.39, 0.29) is 23.8 Å². The van der Waals surface area contributed by atoms with E-state index in [0.717, 1.165) is 5.56 Å². The van der Waals surface area contributed by atoms with E-state index in [1.807, 2.05) is 49.2 Å². The average molecular weight is 383 g/mol. The normalized spacial score (nSPS) is 16.2. The van der Waals surface area contributed by atoms with E-state index in [1.54, 1.807) is 10.9 Å². The Morgan fingerprint density at radius 3 is 2.36 bits per heavy atom. The predicted octanol–water partition coefficient (Wildman–Crippen LogP) is 3.10. The molecule has 2 heterocycles. The van der Waals surface area contributed by atoms with E-state index in [2.05, 4.69) is 24.3 Å². The molecule has 0 radical (unpaired) electrons. The Morgan fingerprint density at radius 1 is 1.11 bits per heavy atom. The fourth-order valence-corrected chi connectivity index (χ4v) is 3.48. The molecule has 0 aliphatic carbocycles. The molecule has 2 amide bonds. The van der Waals surface area contributed by atoms with Crippen molar-refractivity contribution in [2.24, 2.45) is 18.9 Å². The molecular weight excluding hydrogens is 352 g/mol. The van der Waals surface area contributed by atoms with Gasteiger partial charge in [0.1, 0.15) is 5.69 Å². The molecule has 2 aromatic rings. The summed E-state index contributed by atoms with van der Waals surface area (Å²) in [5, 5.41) is 7.60. The van der Waals surface area contributed by atoms with Crippen molar-refractivity contribution in [2.75, 3.05) is 13.1 Å². The van der Waals surface area contributed by atoms with Gasteiger partial charge >= 0.3 is 0 Å². The van der Waals surface area contributed by atoms with Crippen molar-refractivity contribution in [3.63, 3.8) is 0 Å². The first-order chi connectivity index (χ1) is 13.4. The van der Waals surface area contributed by atoms with Crippen LogP contribution in [0.25, 0.3) is 11.3 Å². The third-order valence-corrected chi connectivity index (χ3v) is 5.63. The highest BCUT2D eigenvalue weighted by molar-refractivity contribution is 6.00. The Bertz CT molecular complexity index is 820. The van der Waals surface area contributed by atoms with Crippen molar-refractivity contribution in [3.05, 3.63) is 42.1 Å². The van der Waals surface area contributed by atoms with Crippen LogP contribution in [0.1, 0.15) is 44.0 Å². The summed E-state index contributed by atoms with van der Waals surface area (Å²) in [6.45, 7) is 7.43. The molecule has 6 nitrogen and oxygen atoms in total. The first-order valence-electron chi connectivity index (χ1n) is 10.1. The Kier molecular flexibility index (Phi) is 6.17. The van der Waals surface area contributed by atoms with Gasteiger partial charge in [0.05, 0.1) is 5.56 Å². The lowest BCUT2D eigenvalue weighted by Gasteiger charge is -2.32. The Morgan fingerprint density at radius 2 is 1.75 bits per heavy atom. The van der Waals surface area contributed by atoms with Crippen molar-refractivity contribution >= 4 is 11.8 Å². The standard InChI is InChI=1S/C22H30N4O2/c1-15(2)16(3)23-21(27)18-10-12-26(13-11-18)22(28)19-14-25(4)24-20(19)17-8-6-5-7-9-17/h5-9,14-16,18H,10-13H2,1-4H3,(H,23,27). The number of nitrogens with one attached hydrogen (secondary N) is 1. The summed E-state index contributed by atoms with van der Waals surface area (Å²) in [6, 6.07) is 9.93. The molecule has 1 N–H and O–H groups in total. The minimum absolute atomic E-state index is 0.0126. The zero-order valence-corrected chi connectivity index (χ0v) is 17.2. The van der Waals surface area contributed by atoms with Crippen LogP contribution in [0.15, 0.2) is 36.5 Å². The third kappa shape index (κ3) is 4.43. The molecule has 1 fully saturated rings. The second-order valence-corrected chi connectivity index (χ2v) is 8.04. The van der Waals surface area contributed by atoms with Gasteiger partial charge in [-0.25, -0.2) is 0 Å². The van der Waals surface area contributed by atoms with Crippen LogP contribution in [-0.4, -0.2) is 45.6 Å². The first kappa shape index (κ1) is 20.1. The molecule has 1 aliphatic rings. The molecular formula is C22H30N4O2. The molecule has 1 aromatic carbocycles. The van der Waals surface area contributed by atoms with E-state index in [0.29, 0.717) is 43.1 Å². The monoisotopic (exact) mass is 382 g/mol. The van der Waals surface area contributed by atoms with Crippen molar-refractivity contribution in [1.82, 2.24) is 20.0 Å². The van der Waals surface area contributed by atoms with Gasteiger partial charge < -0.3 is 10.2 Å². The van der Waals surface area contributed by atoms with Crippen LogP contribution in [-0.2, 0) is 11.8 Å². The summed E-state index contributed by atoms with van der Waals surface area (Å²) in [5.74, 6) is 0.487. The molecule has 1 unspecified atom stereocenters. The highest BCUT2D eigenvalue weighted by atomic mass is 16.2. The number of rotatable bonds is 5. The predicted molar refractivity (Wildman–Crippen MR) is 110 cm³/mol. The van der Waals surface area contributed by atoms with Gasteiger partial charge in [-0.3, -0.25) is 14.3 Å². The van der Waals surface area contributed by atoms with Gasteiger partial charge in [-0.05, 0) is 25.7 Å². The highest BCUT2D eigenvalue weighted by Crippen LogP contribution is 2.25. The molecule has 0 bridgehead atoms. The first-order valence-corrected chi connectivity index (χ1v) is 10.1.